The van der Waals surface area contributed by atoms with E-state index in [0.717, 1.165) is 70.4 Å². The maximum Gasteiger partial charge on any atom is 0.255 e. The zero-order valence-electron chi connectivity index (χ0n) is 17.8. The van der Waals surface area contributed by atoms with Gasteiger partial charge in [-0.25, -0.2) is 0 Å². The minimum Gasteiger partial charge on any atom is -0.465 e. The number of nitrogens with zero attached hydrogens (tertiary/aromatic N) is 3. The molecule has 2 fully saturated rings. The van der Waals surface area contributed by atoms with E-state index in [2.05, 4.69) is 39.5 Å². The Hall–Kier alpha value is -2.15. The van der Waals surface area contributed by atoms with E-state index >= 15 is 0 Å². The van der Waals surface area contributed by atoms with Crippen LogP contribution in [0, 0.1) is 5.92 Å². The van der Waals surface area contributed by atoms with Gasteiger partial charge in [0.25, 0.3) is 5.56 Å². The minimum absolute atomic E-state index is 0.219. The van der Waals surface area contributed by atoms with Crippen LogP contribution in [-0.4, -0.2) is 60.3 Å². The van der Waals surface area contributed by atoms with Gasteiger partial charge in [0.2, 0.25) is 0 Å². The van der Waals surface area contributed by atoms with Gasteiger partial charge in [0, 0.05) is 63.0 Å². The maximum atomic E-state index is 13.2. The third-order valence-electron chi connectivity index (χ3n) is 6.66. The first kappa shape index (κ1) is 19.8. The molecule has 0 N–H and O–H groups in total. The molecule has 5 heterocycles. The first-order valence-corrected chi connectivity index (χ1v) is 11.1. The second kappa shape index (κ2) is 8.53. The van der Waals surface area contributed by atoms with Gasteiger partial charge in [0.1, 0.15) is 5.76 Å². The molecule has 3 aliphatic heterocycles. The van der Waals surface area contributed by atoms with Crippen molar-refractivity contribution < 1.29 is 9.15 Å². The lowest BCUT2D eigenvalue weighted by molar-refractivity contribution is 0.0338. The van der Waals surface area contributed by atoms with Gasteiger partial charge in [-0.05, 0) is 43.5 Å². The fourth-order valence-electron chi connectivity index (χ4n) is 5.35. The highest BCUT2D eigenvalue weighted by Gasteiger charge is 2.35. The molecule has 160 valence electrons. The van der Waals surface area contributed by atoms with Gasteiger partial charge in [-0.2, -0.15) is 0 Å². The van der Waals surface area contributed by atoms with Crippen molar-refractivity contribution in [3.05, 3.63) is 63.5 Å². The van der Waals surface area contributed by atoms with Gasteiger partial charge in [0.05, 0.1) is 19.5 Å². The lowest BCUT2D eigenvalue weighted by Gasteiger charge is -2.43. The highest BCUT2D eigenvalue weighted by molar-refractivity contribution is 5.46. The van der Waals surface area contributed by atoms with Crippen molar-refractivity contribution in [3.63, 3.8) is 0 Å². The predicted octanol–water partition coefficient (Wildman–Crippen LogP) is 2.80. The molecule has 0 amide bonds. The smallest absolute Gasteiger partial charge is 0.255 e. The van der Waals surface area contributed by atoms with E-state index in [1.165, 1.54) is 17.7 Å². The number of hydrogen-bond donors (Lipinski definition) is 0. The lowest BCUT2D eigenvalue weighted by atomic mass is 9.82. The average molecular weight is 410 g/mol. The van der Waals surface area contributed by atoms with E-state index in [1.807, 2.05) is 12.1 Å². The van der Waals surface area contributed by atoms with E-state index in [4.69, 9.17) is 9.15 Å². The van der Waals surface area contributed by atoms with Gasteiger partial charge >= 0.3 is 0 Å². The molecule has 6 heteroatoms. The molecule has 0 unspecified atom stereocenters. The molecule has 0 aromatic carbocycles. The molecule has 5 rings (SSSR count). The molecule has 0 saturated carbocycles. The van der Waals surface area contributed by atoms with Crippen molar-refractivity contribution >= 4 is 6.08 Å². The van der Waals surface area contributed by atoms with Gasteiger partial charge in [0.15, 0.2) is 0 Å². The molecule has 0 radical (unpaired) electrons. The molecule has 2 aromatic rings. The van der Waals surface area contributed by atoms with E-state index in [-0.39, 0.29) is 5.56 Å². The number of likely N-dealkylation sites (tertiary alicyclic amines) is 1. The van der Waals surface area contributed by atoms with Crippen molar-refractivity contribution in [2.24, 2.45) is 5.92 Å². The largest absolute Gasteiger partial charge is 0.465 e. The first-order valence-electron chi connectivity index (χ1n) is 11.1. The Balaban J connectivity index is 1.30. The number of pyridine rings is 1. The number of piperidine rings is 1. The summed E-state index contributed by atoms with van der Waals surface area (Å²) in [5, 5.41) is 0. The highest BCUT2D eigenvalue weighted by Crippen LogP contribution is 2.35. The fourth-order valence-corrected chi connectivity index (χ4v) is 5.35. The highest BCUT2D eigenvalue weighted by atomic mass is 16.5. The summed E-state index contributed by atoms with van der Waals surface area (Å²) in [5.74, 6) is 1.90. The van der Waals surface area contributed by atoms with Crippen LogP contribution < -0.4 is 5.56 Å². The summed E-state index contributed by atoms with van der Waals surface area (Å²) >= 11 is 0. The van der Waals surface area contributed by atoms with Crippen LogP contribution >= 0.6 is 0 Å². The molecule has 30 heavy (non-hydrogen) atoms. The third kappa shape index (κ3) is 4.17. The number of ether oxygens (including phenoxy) is 1. The van der Waals surface area contributed by atoms with Crippen molar-refractivity contribution in [1.29, 1.82) is 0 Å². The van der Waals surface area contributed by atoms with E-state index in [9.17, 15) is 4.79 Å². The van der Waals surface area contributed by atoms with Crippen molar-refractivity contribution in [2.75, 3.05) is 45.9 Å². The summed E-state index contributed by atoms with van der Waals surface area (Å²) in [6.07, 6.45) is 5.03. The molecule has 2 aromatic heterocycles. The molecular formula is C24H31N3O3. The SMILES string of the molecule is C/C(=C\c1ccco1)CN1C[C@@H]2C[C@H](C1)c1ccc(CN3CCOCC3)c(=O)n1C2. The molecule has 2 saturated heterocycles. The summed E-state index contributed by atoms with van der Waals surface area (Å²) in [6, 6.07) is 8.20. The number of fused-ring (bicyclic) bond motifs is 4. The van der Waals surface area contributed by atoms with Crippen LogP contribution in [0.2, 0.25) is 0 Å². The molecule has 2 atom stereocenters. The molecule has 6 nitrogen and oxygen atoms in total. The average Bonchev–Trinajstić information content (AvgIpc) is 3.24. The Bertz CT molecular complexity index is 957. The van der Waals surface area contributed by atoms with E-state index in [0.29, 0.717) is 11.8 Å². The first-order chi connectivity index (χ1) is 14.7. The Labute approximate surface area is 177 Å². The summed E-state index contributed by atoms with van der Waals surface area (Å²) in [6.45, 7) is 10.1. The summed E-state index contributed by atoms with van der Waals surface area (Å²) < 4.78 is 13.0. The second-order valence-electron chi connectivity index (χ2n) is 9.09. The van der Waals surface area contributed by atoms with Crippen LogP contribution in [0.1, 0.15) is 36.3 Å². The zero-order chi connectivity index (χ0) is 20.5. The Morgan fingerprint density at radius 1 is 1.13 bits per heavy atom. The van der Waals surface area contributed by atoms with E-state index in [1.54, 1.807) is 6.26 Å². The summed E-state index contributed by atoms with van der Waals surface area (Å²) in [4.78, 5) is 18.1. The Morgan fingerprint density at radius 2 is 2.00 bits per heavy atom. The number of furan rings is 1. The summed E-state index contributed by atoms with van der Waals surface area (Å²) in [5.41, 5.74) is 3.67. The number of rotatable bonds is 5. The predicted molar refractivity (Wildman–Crippen MR) is 116 cm³/mol. The van der Waals surface area contributed by atoms with Gasteiger partial charge in [-0.15, -0.1) is 0 Å². The topological polar surface area (TPSA) is 50.9 Å². The molecule has 3 aliphatic rings. The van der Waals surface area contributed by atoms with E-state index < -0.39 is 0 Å². The van der Waals surface area contributed by atoms with Crippen LogP contribution in [-0.2, 0) is 17.8 Å². The minimum atomic E-state index is 0.219. The maximum absolute atomic E-state index is 13.2. The van der Waals surface area contributed by atoms with Crippen LogP contribution in [0.25, 0.3) is 6.08 Å². The quantitative estimate of drug-likeness (QED) is 0.760. The Morgan fingerprint density at radius 3 is 2.80 bits per heavy atom. The van der Waals surface area contributed by atoms with Gasteiger partial charge in [-0.1, -0.05) is 11.6 Å². The van der Waals surface area contributed by atoms with Crippen molar-refractivity contribution in [2.45, 2.75) is 32.4 Å². The number of morpholine rings is 1. The molecular weight excluding hydrogens is 378 g/mol. The monoisotopic (exact) mass is 409 g/mol. The second-order valence-corrected chi connectivity index (χ2v) is 9.09. The zero-order valence-corrected chi connectivity index (χ0v) is 17.8. The lowest BCUT2D eigenvalue weighted by Crippen LogP contribution is -2.48. The van der Waals surface area contributed by atoms with Gasteiger partial charge < -0.3 is 13.7 Å². The molecule has 2 bridgehead atoms. The van der Waals surface area contributed by atoms with Crippen molar-refractivity contribution in [1.82, 2.24) is 14.4 Å². The third-order valence-corrected chi connectivity index (χ3v) is 6.66. The number of hydrogen-bond acceptors (Lipinski definition) is 5. The molecule has 0 spiro atoms. The summed E-state index contributed by atoms with van der Waals surface area (Å²) in [7, 11) is 0. The number of aromatic nitrogens is 1. The fraction of sp³-hybridized carbons (Fsp3) is 0.542. The van der Waals surface area contributed by atoms with Crippen LogP contribution in [0.4, 0.5) is 0 Å². The van der Waals surface area contributed by atoms with Gasteiger partial charge in [-0.3, -0.25) is 14.6 Å². The van der Waals surface area contributed by atoms with Crippen LogP contribution in [0.15, 0.2) is 45.3 Å². The van der Waals surface area contributed by atoms with Crippen LogP contribution in [0.3, 0.4) is 0 Å². The van der Waals surface area contributed by atoms with Crippen molar-refractivity contribution in [3.8, 4) is 0 Å². The van der Waals surface area contributed by atoms with Crippen LogP contribution in [0.5, 0.6) is 0 Å². The molecule has 0 aliphatic carbocycles. The Kier molecular flexibility index (Phi) is 5.63. The standard InChI is InChI=1S/C24H31N3O3/c1-18(11-22-3-2-8-30-22)13-26-14-19-12-21(17-26)23-5-4-20(24(28)27(23)15-19)16-25-6-9-29-10-7-25/h2-5,8,11,19,21H,6-7,9-10,12-17H2,1H3/b18-11+/t19-,21+/m0/s1. The normalized spacial score (nSPS) is 25.3.